The van der Waals surface area contributed by atoms with E-state index in [4.69, 9.17) is 19.4 Å². The molecule has 0 N–H and O–H groups in total. The largest absolute Gasteiger partial charge is 0.493 e. The molecule has 0 amide bonds. The van der Waals surface area contributed by atoms with Gasteiger partial charge in [-0.1, -0.05) is 60.7 Å². The van der Waals surface area contributed by atoms with Gasteiger partial charge in [-0.3, -0.25) is 4.90 Å². The van der Waals surface area contributed by atoms with Crippen molar-refractivity contribution in [2.45, 2.75) is 6.54 Å². The Hall–Kier alpha value is -3.64. The molecule has 6 heteroatoms. The van der Waals surface area contributed by atoms with Gasteiger partial charge in [-0.05, 0) is 11.6 Å². The number of aromatic nitrogens is 2. The van der Waals surface area contributed by atoms with Crippen LogP contribution in [0.25, 0.3) is 22.3 Å². The Morgan fingerprint density at radius 1 is 0.758 bits per heavy atom. The number of ether oxygens (including phenoxy) is 2. The first-order valence-corrected chi connectivity index (χ1v) is 11.3. The molecule has 2 heterocycles. The number of benzene rings is 3. The second-order valence-electron chi connectivity index (χ2n) is 8.21. The Balaban J connectivity index is 1.49. The molecular formula is C27H28N4O2. The van der Waals surface area contributed by atoms with Gasteiger partial charge in [-0.15, -0.1) is 0 Å². The maximum Gasteiger partial charge on any atom is 0.162 e. The van der Waals surface area contributed by atoms with E-state index in [0.717, 1.165) is 60.8 Å². The van der Waals surface area contributed by atoms with Crippen molar-refractivity contribution in [1.82, 2.24) is 14.9 Å². The number of methoxy groups -OCH3 is 2. The van der Waals surface area contributed by atoms with Crippen molar-refractivity contribution >= 4 is 16.7 Å². The molecule has 1 aliphatic rings. The molecule has 5 rings (SSSR count). The highest BCUT2D eigenvalue weighted by Gasteiger charge is 2.22. The highest BCUT2D eigenvalue weighted by Crippen LogP contribution is 2.36. The Morgan fingerprint density at radius 3 is 2.06 bits per heavy atom. The molecule has 1 aliphatic heterocycles. The first-order chi connectivity index (χ1) is 16.2. The van der Waals surface area contributed by atoms with Gasteiger partial charge in [0.1, 0.15) is 5.82 Å². The monoisotopic (exact) mass is 440 g/mol. The average molecular weight is 441 g/mol. The molecule has 0 saturated carbocycles. The van der Waals surface area contributed by atoms with Crippen molar-refractivity contribution in [2.24, 2.45) is 0 Å². The summed E-state index contributed by atoms with van der Waals surface area (Å²) in [7, 11) is 3.31. The minimum atomic E-state index is 0.668. The number of piperazine rings is 1. The molecule has 168 valence electrons. The zero-order chi connectivity index (χ0) is 22.6. The Labute approximate surface area is 194 Å². The van der Waals surface area contributed by atoms with Crippen LogP contribution in [0.4, 0.5) is 5.82 Å². The van der Waals surface area contributed by atoms with E-state index >= 15 is 0 Å². The van der Waals surface area contributed by atoms with Gasteiger partial charge in [0.2, 0.25) is 0 Å². The summed E-state index contributed by atoms with van der Waals surface area (Å²) in [6.45, 7) is 4.74. The van der Waals surface area contributed by atoms with Crippen LogP contribution in [0.1, 0.15) is 5.56 Å². The molecule has 1 fully saturated rings. The summed E-state index contributed by atoms with van der Waals surface area (Å²) < 4.78 is 11.1. The second-order valence-corrected chi connectivity index (χ2v) is 8.21. The molecule has 0 bridgehead atoms. The third kappa shape index (κ3) is 4.47. The molecule has 0 atom stereocenters. The van der Waals surface area contributed by atoms with Crippen LogP contribution >= 0.6 is 0 Å². The van der Waals surface area contributed by atoms with Gasteiger partial charge in [0, 0.05) is 49.7 Å². The highest BCUT2D eigenvalue weighted by atomic mass is 16.5. The first-order valence-electron chi connectivity index (χ1n) is 11.3. The van der Waals surface area contributed by atoms with E-state index in [9.17, 15) is 0 Å². The van der Waals surface area contributed by atoms with E-state index in [-0.39, 0.29) is 0 Å². The predicted octanol–water partition coefficient (Wildman–Crippen LogP) is 4.64. The fourth-order valence-electron chi connectivity index (χ4n) is 4.36. The standard InChI is InChI=1S/C27H28N4O2/c1-32-24-17-22-23(18-25(24)33-2)28-26(21-11-7-4-8-12-21)29-27(22)31-15-13-30(14-16-31)19-20-9-5-3-6-10-20/h3-12,17-18H,13-16,19H2,1-2H3. The van der Waals surface area contributed by atoms with E-state index in [2.05, 4.69) is 40.1 Å². The van der Waals surface area contributed by atoms with Crippen LogP contribution in [0, 0.1) is 0 Å². The molecule has 33 heavy (non-hydrogen) atoms. The van der Waals surface area contributed by atoms with Crippen molar-refractivity contribution in [2.75, 3.05) is 45.3 Å². The lowest BCUT2D eigenvalue weighted by Crippen LogP contribution is -2.46. The Morgan fingerprint density at radius 2 is 1.39 bits per heavy atom. The van der Waals surface area contributed by atoms with Gasteiger partial charge in [-0.25, -0.2) is 9.97 Å². The smallest absolute Gasteiger partial charge is 0.162 e. The van der Waals surface area contributed by atoms with Crippen LogP contribution in [-0.2, 0) is 6.54 Å². The molecule has 1 aromatic heterocycles. The van der Waals surface area contributed by atoms with E-state index < -0.39 is 0 Å². The third-order valence-electron chi connectivity index (χ3n) is 6.13. The lowest BCUT2D eigenvalue weighted by molar-refractivity contribution is 0.249. The van der Waals surface area contributed by atoms with Crippen molar-refractivity contribution in [1.29, 1.82) is 0 Å². The van der Waals surface area contributed by atoms with Crippen molar-refractivity contribution in [3.63, 3.8) is 0 Å². The lowest BCUT2D eigenvalue weighted by atomic mass is 10.1. The summed E-state index contributed by atoms with van der Waals surface area (Å²) in [4.78, 5) is 14.8. The summed E-state index contributed by atoms with van der Waals surface area (Å²) in [6, 6.07) is 24.7. The topological polar surface area (TPSA) is 50.7 Å². The predicted molar refractivity (Wildman–Crippen MR) is 132 cm³/mol. The normalized spacial score (nSPS) is 14.4. The Kier molecular flexibility index (Phi) is 6.09. The number of anilines is 1. The fourth-order valence-corrected chi connectivity index (χ4v) is 4.36. The molecule has 0 aliphatic carbocycles. The first kappa shape index (κ1) is 21.2. The Bertz CT molecular complexity index is 1220. The number of rotatable bonds is 6. The molecule has 0 unspecified atom stereocenters. The number of fused-ring (bicyclic) bond motifs is 1. The van der Waals surface area contributed by atoms with E-state index in [1.807, 2.05) is 42.5 Å². The van der Waals surface area contributed by atoms with Crippen molar-refractivity contribution < 1.29 is 9.47 Å². The summed E-state index contributed by atoms with van der Waals surface area (Å²) in [6.07, 6.45) is 0. The average Bonchev–Trinajstić information content (AvgIpc) is 2.89. The molecule has 6 nitrogen and oxygen atoms in total. The summed E-state index contributed by atoms with van der Waals surface area (Å²) in [5, 5.41) is 0.976. The van der Waals surface area contributed by atoms with E-state index in [1.165, 1.54) is 5.56 Å². The molecule has 1 saturated heterocycles. The molecule has 4 aromatic rings. The van der Waals surface area contributed by atoms with Crippen LogP contribution < -0.4 is 14.4 Å². The van der Waals surface area contributed by atoms with Crippen LogP contribution in [0.5, 0.6) is 11.5 Å². The minimum absolute atomic E-state index is 0.668. The summed E-state index contributed by atoms with van der Waals surface area (Å²) in [5.74, 6) is 3.02. The van der Waals surface area contributed by atoms with Crippen LogP contribution in [-0.4, -0.2) is 55.3 Å². The second kappa shape index (κ2) is 9.46. The number of hydrogen-bond donors (Lipinski definition) is 0. The molecular weight excluding hydrogens is 412 g/mol. The zero-order valence-electron chi connectivity index (χ0n) is 19.1. The van der Waals surface area contributed by atoms with Crippen LogP contribution in [0.3, 0.4) is 0 Å². The van der Waals surface area contributed by atoms with Crippen molar-refractivity contribution in [3.8, 4) is 22.9 Å². The van der Waals surface area contributed by atoms with E-state index in [1.54, 1.807) is 14.2 Å². The number of nitrogens with zero attached hydrogens (tertiary/aromatic N) is 4. The van der Waals surface area contributed by atoms with Gasteiger partial charge in [-0.2, -0.15) is 0 Å². The molecule has 0 spiro atoms. The van der Waals surface area contributed by atoms with Gasteiger partial charge < -0.3 is 14.4 Å². The van der Waals surface area contributed by atoms with Crippen LogP contribution in [0.15, 0.2) is 72.8 Å². The molecule has 0 radical (unpaired) electrons. The van der Waals surface area contributed by atoms with Gasteiger partial charge in [0.05, 0.1) is 19.7 Å². The molecule has 3 aromatic carbocycles. The van der Waals surface area contributed by atoms with Gasteiger partial charge in [0.15, 0.2) is 17.3 Å². The SMILES string of the molecule is COc1cc2nc(-c3ccccc3)nc(N3CCN(Cc4ccccc4)CC3)c2cc1OC. The summed E-state index contributed by atoms with van der Waals surface area (Å²) in [5.41, 5.74) is 3.20. The summed E-state index contributed by atoms with van der Waals surface area (Å²) >= 11 is 0. The minimum Gasteiger partial charge on any atom is -0.493 e. The van der Waals surface area contributed by atoms with E-state index in [0.29, 0.717) is 11.5 Å². The van der Waals surface area contributed by atoms with Crippen LogP contribution in [0.2, 0.25) is 0 Å². The lowest BCUT2D eigenvalue weighted by Gasteiger charge is -2.36. The maximum atomic E-state index is 5.58. The maximum absolute atomic E-state index is 5.58. The van der Waals surface area contributed by atoms with Gasteiger partial charge >= 0.3 is 0 Å². The third-order valence-corrected chi connectivity index (χ3v) is 6.13. The zero-order valence-corrected chi connectivity index (χ0v) is 19.1. The van der Waals surface area contributed by atoms with Crippen molar-refractivity contribution in [3.05, 3.63) is 78.4 Å². The highest BCUT2D eigenvalue weighted by molar-refractivity contribution is 5.93. The fraction of sp³-hybridized carbons (Fsp3) is 0.259. The number of hydrogen-bond acceptors (Lipinski definition) is 6. The quantitative estimate of drug-likeness (QED) is 0.436. The van der Waals surface area contributed by atoms with Gasteiger partial charge in [0.25, 0.3) is 0 Å².